The number of carboxylic acid groups (broad SMARTS) is 2. The Hall–Kier alpha value is -2.37. The van der Waals surface area contributed by atoms with E-state index in [0.717, 1.165) is 24.9 Å². The summed E-state index contributed by atoms with van der Waals surface area (Å²) in [5, 5.41) is 18.3. The third kappa shape index (κ3) is 2.06. The van der Waals surface area contributed by atoms with E-state index >= 15 is 0 Å². The van der Waals surface area contributed by atoms with E-state index in [9.17, 15) is 0 Å². The molecule has 1 fully saturated rings. The van der Waals surface area contributed by atoms with E-state index < -0.39 is 11.9 Å². The largest absolute Gasteiger partial charge is 0.473 e. The number of aliphatic carboxylic acids is 2. The first kappa shape index (κ1) is 14.6. The highest BCUT2D eigenvalue weighted by atomic mass is 16.4. The van der Waals surface area contributed by atoms with Crippen LogP contribution < -0.4 is 5.32 Å². The molecule has 0 bridgehead atoms. The molecule has 1 aliphatic heterocycles. The van der Waals surface area contributed by atoms with E-state index in [1.54, 1.807) is 11.1 Å². The summed E-state index contributed by atoms with van der Waals surface area (Å²) in [6.07, 6.45) is 1.20. The molecule has 1 saturated carbocycles. The highest BCUT2D eigenvalue weighted by Crippen LogP contribution is 2.71. The molecule has 4 rings (SSSR count). The van der Waals surface area contributed by atoms with Gasteiger partial charge in [-0.3, -0.25) is 4.99 Å². The molecule has 0 spiro atoms. The Bertz CT molecular complexity index is 658. The van der Waals surface area contributed by atoms with Crippen LogP contribution in [0, 0.1) is 11.3 Å². The third-order valence-electron chi connectivity index (χ3n) is 4.93. The second kappa shape index (κ2) is 5.12. The molecule has 22 heavy (non-hydrogen) atoms. The van der Waals surface area contributed by atoms with Crippen molar-refractivity contribution < 1.29 is 19.8 Å². The highest BCUT2D eigenvalue weighted by molar-refractivity contribution is 6.27. The summed E-state index contributed by atoms with van der Waals surface area (Å²) >= 11 is 0. The van der Waals surface area contributed by atoms with Crippen molar-refractivity contribution >= 4 is 17.8 Å². The van der Waals surface area contributed by atoms with Crippen molar-refractivity contribution in [3.63, 3.8) is 0 Å². The van der Waals surface area contributed by atoms with Gasteiger partial charge >= 0.3 is 11.9 Å². The number of hydrogen-bond acceptors (Lipinski definition) is 4. The van der Waals surface area contributed by atoms with E-state index in [-0.39, 0.29) is 0 Å². The summed E-state index contributed by atoms with van der Waals surface area (Å²) in [5.74, 6) is -0.856. The van der Waals surface area contributed by atoms with Gasteiger partial charge in [-0.05, 0) is 23.5 Å². The van der Waals surface area contributed by atoms with Gasteiger partial charge in [-0.1, -0.05) is 31.2 Å². The predicted molar refractivity (Wildman–Crippen MR) is 80.1 cm³/mol. The Kier molecular flexibility index (Phi) is 3.39. The number of amidine groups is 1. The average molecular weight is 302 g/mol. The Morgan fingerprint density at radius 3 is 2.55 bits per heavy atom. The van der Waals surface area contributed by atoms with Crippen molar-refractivity contribution in [3.05, 3.63) is 35.4 Å². The molecule has 1 heterocycles. The predicted octanol–water partition coefficient (Wildman–Crippen LogP) is 1.12. The normalized spacial score (nSPS) is 30.1. The number of hydrogen-bond donors (Lipinski definition) is 3. The lowest BCUT2D eigenvalue weighted by Gasteiger charge is -2.14. The fourth-order valence-electron chi connectivity index (χ4n) is 3.92. The molecule has 0 aromatic heterocycles. The molecular weight excluding hydrogens is 284 g/mol. The lowest BCUT2D eigenvalue weighted by Crippen LogP contribution is -2.30. The zero-order valence-corrected chi connectivity index (χ0v) is 12.2. The number of benzene rings is 1. The third-order valence-corrected chi connectivity index (χ3v) is 4.93. The van der Waals surface area contributed by atoms with E-state index in [4.69, 9.17) is 19.8 Å². The number of nitrogens with one attached hydrogen (secondary N) is 1. The molecule has 6 nitrogen and oxygen atoms in total. The quantitative estimate of drug-likeness (QED) is 0.675. The lowest BCUT2D eigenvalue weighted by atomic mass is 9.96. The number of carboxylic acids is 2. The van der Waals surface area contributed by atoms with Crippen molar-refractivity contribution in [1.29, 1.82) is 0 Å². The Balaban J connectivity index is 0.000000209. The van der Waals surface area contributed by atoms with E-state index in [1.807, 2.05) is 0 Å². The summed E-state index contributed by atoms with van der Waals surface area (Å²) in [5.41, 5.74) is 3.47. The van der Waals surface area contributed by atoms with Crippen molar-refractivity contribution in [2.24, 2.45) is 16.3 Å². The molecule has 3 aliphatic rings. The second-order valence-corrected chi connectivity index (χ2v) is 5.95. The fourth-order valence-corrected chi connectivity index (χ4v) is 3.92. The Morgan fingerprint density at radius 2 is 1.95 bits per heavy atom. The van der Waals surface area contributed by atoms with Crippen LogP contribution in [-0.4, -0.2) is 41.1 Å². The van der Waals surface area contributed by atoms with Crippen LogP contribution in [0.3, 0.4) is 0 Å². The minimum Gasteiger partial charge on any atom is -0.473 e. The van der Waals surface area contributed by atoms with Gasteiger partial charge in [-0.25, -0.2) is 9.59 Å². The summed E-state index contributed by atoms with van der Waals surface area (Å²) in [6.45, 7) is 4.38. The molecule has 3 N–H and O–H groups in total. The molecule has 3 atom stereocenters. The monoisotopic (exact) mass is 302 g/mol. The van der Waals surface area contributed by atoms with Crippen LogP contribution >= 0.6 is 0 Å². The zero-order valence-electron chi connectivity index (χ0n) is 12.2. The molecule has 0 amide bonds. The number of rotatable bonds is 1. The Labute approximate surface area is 127 Å². The standard InChI is InChI=1S/C14H16N2.C2H2O4/c1-9-12-11-5-3-2-4-10(11)8-14(9,12)13-15-6-7-16-13;3-1(4)2(5)6/h2-5,9,12H,6-8H2,1H3,(H,15,16);(H,3,4)(H,5,6). The number of nitrogens with zero attached hydrogens (tertiary/aromatic N) is 1. The van der Waals surface area contributed by atoms with Gasteiger partial charge in [0.2, 0.25) is 0 Å². The first-order chi connectivity index (χ1) is 10.5. The average Bonchev–Trinajstić information content (AvgIpc) is 2.95. The molecule has 2 aliphatic carbocycles. The topological polar surface area (TPSA) is 99.0 Å². The molecule has 6 heteroatoms. The molecule has 0 saturated heterocycles. The van der Waals surface area contributed by atoms with Crippen LogP contribution in [0.2, 0.25) is 0 Å². The zero-order chi connectivity index (χ0) is 15.9. The minimum atomic E-state index is -1.82. The van der Waals surface area contributed by atoms with Crippen LogP contribution in [-0.2, 0) is 16.0 Å². The van der Waals surface area contributed by atoms with Crippen LogP contribution in [0.25, 0.3) is 0 Å². The van der Waals surface area contributed by atoms with Crippen molar-refractivity contribution in [3.8, 4) is 0 Å². The molecule has 1 aromatic rings. The van der Waals surface area contributed by atoms with E-state index in [2.05, 4.69) is 41.5 Å². The van der Waals surface area contributed by atoms with Crippen molar-refractivity contribution in [2.45, 2.75) is 19.3 Å². The smallest absolute Gasteiger partial charge is 0.414 e. The van der Waals surface area contributed by atoms with Crippen LogP contribution in [0.4, 0.5) is 0 Å². The first-order valence-corrected chi connectivity index (χ1v) is 7.31. The summed E-state index contributed by atoms with van der Waals surface area (Å²) < 4.78 is 0. The molecule has 0 radical (unpaired) electrons. The molecule has 1 aromatic carbocycles. The van der Waals surface area contributed by atoms with Gasteiger partial charge in [0, 0.05) is 17.9 Å². The van der Waals surface area contributed by atoms with Crippen LogP contribution in [0.15, 0.2) is 29.3 Å². The van der Waals surface area contributed by atoms with Crippen LogP contribution in [0.1, 0.15) is 24.0 Å². The highest BCUT2D eigenvalue weighted by Gasteiger charge is 2.69. The number of carbonyl (C=O) groups is 2. The molecular formula is C16H18N2O4. The lowest BCUT2D eigenvalue weighted by molar-refractivity contribution is -0.159. The maximum Gasteiger partial charge on any atom is 0.414 e. The van der Waals surface area contributed by atoms with Gasteiger partial charge in [0.1, 0.15) is 5.84 Å². The van der Waals surface area contributed by atoms with Gasteiger partial charge < -0.3 is 15.5 Å². The number of fused-ring (bicyclic) bond motifs is 3. The van der Waals surface area contributed by atoms with Gasteiger partial charge in [0.25, 0.3) is 0 Å². The minimum absolute atomic E-state index is 0.347. The summed E-state index contributed by atoms with van der Waals surface area (Å²) in [7, 11) is 0. The fraction of sp³-hybridized carbons (Fsp3) is 0.438. The van der Waals surface area contributed by atoms with Crippen molar-refractivity contribution in [1.82, 2.24) is 5.32 Å². The van der Waals surface area contributed by atoms with Crippen molar-refractivity contribution in [2.75, 3.05) is 13.1 Å². The van der Waals surface area contributed by atoms with E-state index in [0.29, 0.717) is 5.41 Å². The van der Waals surface area contributed by atoms with Gasteiger partial charge in [-0.15, -0.1) is 0 Å². The van der Waals surface area contributed by atoms with Crippen LogP contribution in [0.5, 0.6) is 0 Å². The molecule has 3 unspecified atom stereocenters. The maximum absolute atomic E-state index is 9.10. The summed E-state index contributed by atoms with van der Waals surface area (Å²) in [6, 6.07) is 8.92. The molecule has 116 valence electrons. The van der Waals surface area contributed by atoms with E-state index in [1.165, 1.54) is 12.3 Å². The first-order valence-electron chi connectivity index (χ1n) is 7.31. The summed E-state index contributed by atoms with van der Waals surface area (Å²) in [4.78, 5) is 22.9. The maximum atomic E-state index is 9.10. The van der Waals surface area contributed by atoms with Gasteiger partial charge in [0.15, 0.2) is 0 Å². The van der Waals surface area contributed by atoms with Gasteiger partial charge in [0.05, 0.1) is 6.54 Å². The number of aliphatic imine (C=N–C) groups is 1. The Morgan fingerprint density at radius 1 is 1.27 bits per heavy atom. The van der Waals surface area contributed by atoms with Gasteiger partial charge in [-0.2, -0.15) is 0 Å². The SMILES string of the molecule is CC1C2c3ccccc3CC12C1=NCCN1.O=C(O)C(=O)O. The second-order valence-electron chi connectivity index (χ2n) is 5.95.